The van der Waals surface area contributed by atoms with Crippen molar-refractivity contribution in [2.75, 3.05) is 6.61 Å². The third kappa shape index (κ3) is 2.35. The molecular formula is C16H14N2O2. The van der Waals surface area contributed by atoms with Gasteiger partial charge in [-0.2, -0.15) is 5.26 Å². The first-order chi connectivity index (χ1) is 9.78. The minimum atomic E-state index is -0.219. The number of aliphatic imine (C=N–C) groups is 1. The summed E-state index contributed by atoms with van der Waals surface area (Å²) in [6, 6.07) is 9.66. The van der Waals surface area contributed by atoms with Crippen LogP contribution in [-0.2, 0) is 9.53 Å². The number of hydrogen-bond acceptors (Lipinski definition) is 4. The zero-order valence-corrected chi connectivity index (χ0v) is 11.0. The molecule has 1 aromatic rings. The van der Waals surface area contributed by atoms with Crippen LogP contribution in [0.1, 0.15) is 36.3 Å². The first-order valence-electron chi connectivity index (χ1n) is 6.71. The zero-order valence-electron chi connectivity index (χ0n) is 11.0. The van der Waals surface area contributed by atoms with Crippen LogP contribution in [0.2, 0.25) is 0 Å². The van der Waals surface area contributed by atoms with E-state index in [1.165, 1.54) is 0 Å². The van der Waals surface area contributed by atoms with Gasteiger partial charge in [-0.15, -0.1) is 0 Å². The lowest BCUT2D eigenvalue weighted by Gasteiger charge is -2.15. The normalized spacial score (nSPS) is 21.8. The van der Waals surface area contributed by atoms with Gasteiger partial charge in [-0.3, -0.25) is 4.99 Å². The summed E-state index contributed by atoms with van der Waals surface area (Å²) in [5.74, 6) is -0.0370. The number of carbonyl (C=O) groups excluding carboxylic acids is 1. The highest BCUT2D eigenvalue weighted by atomic mass is 16.5. The molecule has 0 bridgehead atoms. The van der Waals surface area contributed by atoms with E-state index in [-0.39, 0.29) is 11.9 Å². The average molecular weight is 266 g/mol. The van der Waals surface area contributed by atoms with Crippen molar-refractivity contribution in [3.05, 3.63) is 46.7 Å². The molecule has 1 atom stereocenters. The quantitative estimate of drug-likeness (QED) is 0.734. The largest absolute Gasteiger partial charge is 0.462 e. The lowest BCUT2D eigenvalue weighted by molar-refractivity contribution is -0.140. The fraction of sp³-hybridized carbons (Fsp3) is 0.312. The van der Waals surface area contributed by atoms with E-state index in [9.17, 15) is 4.79 Å². The van der Waals surface area contributed by atoms with Gasteiger partial charge in [0.2, 0.25) is 0 Å². The van der Waals surface area contributed by atoms with Crippen molar-refractivity contribution in [1.82, 2.24) is 0 Å². The second-order valence-corrected chi connectivity index (χ2v) is 4.97. The number of esters is 1. The van der Waals surface area contributed by atoms with Crippen LogP contribution in [0.4, 0.5) is 0 Å². The molecular weight excluding hydrogens is 252 g/mol. The lowest BCUT2D eigenvalue weighted by Crippen LogP contribution is -2.16. The molecule has 0 saturated heterocycles. The molecule has 20 heavy (non-hydrogen) atoms. The minimum Gasteiger partial charge on any atom is -0.462 e. The maximum Gasteiger partial charge on any atom is 0.335 e. The molecule has 2 aliphatic rings. The first-order valence-corrected chi connectivity index (χ1v) is 6.71. The molecule has 0 saturated carbocycles. The van der Waals surface area contributed by atoms with Gasteiger partial charge in [-0.1, -0.05) is 12.1 Å². The summed E-state index contributed by atoms with van der Waals surface area (Å²) < 4.78 is 5.07. The van der Waals surface area contributed by atoms with Crippen molar-refractivity contribution < 1.29 is 9.53 Å². The van der Waals surface area contributed by atoms with Crippen LogP contribution >= 0.6 is 0 Å². The van der Waals surface area contributed by atoms with Crippen LogP contribution < -0.4 is 0 Å². The van der Waals surface area contributed by atoms with Gasteiger partial charge in [-0.25, -0.2) is 4.79 Å². The SMILES string of the molecule is N#Cc1ccc(C2C=NC3=C(CC2)C(=O)OCC3)cc1. The number of ether oxygens (including phenoxy) is 1. The van der Waals surface area contributed by atoms with Gasteiger partial charge >= 0.3 is 5.97 Å². The molecule has 1 unspecified atom stereocenters. The Balaban J connectivity index is 1.82. The molecule has 0 radical (unpaired) electrons. The molecule has 3 rings (SSSR count). The highest BCUT2D eigenvalue weighted by molar-refractivity contribution is 5.91. The van der Waals surface area contributed by atoms with Crippen molar-refractivity contribution in [2.24, 2.45) is 4.99 Å². The Morgan fingerprint density at radius 1 is 1.25 bits per heavy atom. The number of benzene rings is 1. The van der Waals surface area contributed by atoms with Gasteiger partial charge in [0.15, 0.2) is 0 Å². The second-order valence-electron chi connectivity index (χ2n) is 4.97. The number of carbonyl (C=O) groups is 1. The molecule has 2 heterocycles. The highest BCUT2D eigenvalue weighted by Gasteiger charge is 2.25. The summed E-state index contributed by atoms with van der Waals surface area (Å²) in [7, 11) is 0. The van der Waals surface area contributed by atoms with Gasteiger partial charge < -0.3 is 4.74 Å². The average Bonchev–Trinajstić information content (AvgIpc) is 2.71. The van der Waals surface area contributed by atoms with Crippen molar-refractivity contribution in [3.8, 4) is 6.07 Å². The Bertz CT molecular complexity index is 635. The van der Waals surface area contributed by atoms with Crippen LogP contribution in [0.25, 0.3) is 0 Å². The Hall–Kier alpha value is -2.41. The summed E-state index contributed by atoms with van der Waals surface area (Å²) in [6.07, 6.45) is 4.15. The van der Waals surface area contributed by atoms with Gasteiger partial charge in [0.05, 0.1) is 29.5 Å². The maximum absolute atomic E-state index is 11.7. The molecule has 100 valence electrons. The van der Waals surface area contributed by atoms with Crippen molar-refractivity contribution in [1.29, 1.82) is 5.26 Å². The molecule has 4 nitrogen and oxygen atoms in total. The smallest absolute Gasteiger partial charge is 0.335 e. The van der Waals surface area contributed by atoms with E-state index >= 15 is 0 Å². The molecule has 1 aromatic carbocycles. The number of hydrogen-bond donors (Lipinski definition) is 0. The minimum absolute atomic E-state index is 0.182. The van der Waals surface area contributed by atoms with E-state index < -0.39 is 0 Å². The molecule has 0 amide bonds. The molecule has 0 N–H and O–H groups in total. The summed E-state index contributed by atoms with van der Waals surface area (Å²) in [5.41, 5.74) is 3.38. The van der Waals surface area contributed by atoms with E-state index in [4.69, 9.17) is 10.00 Å². The van der Waals surface area contributed by atoms with Crippen LogP contribution in [0.15, 0.2) is 40.5 Å². The Labute approximate surface area is 117 Å². The van der Waals surface area contributed by atoms with E-state index in [0.29, 0.717) is 25.0 Å². The predicted molar refractivity (Wildman–Crippen MR) is 74.2 cm³/mol. The fourth-order valence-corrected chi connectivity index (χ4v) is 2.60. The zero-order chi connectivity index (χ0) is 13.9. The molecule has 4 heteroatoms. The van der Waals surface area contributed by atoms with Crippen LogP contribution in [-0.4, -0.2) is 18.8 Å². The second kappa shape index (κ2) is 5.30. The van der Waals surface area contributed by atoms with Crippen LogP contribution in [0.5, 0.6) is 0 Å². The maximum atomic E-state index is 11.7. The first kappa shape index (κ1) is 12.6. The van der Waals surface area contributed by atoms with E-state index in [1.807, 2.05) is 30.5 Å². The van der Waals surface area contributed by atoms with Crippen LogP contribution in [0, 0.1) is 11.3 Å². The Kier molecular flexibility index (Phi) is 3.34. The van der Waals surface area contributed by atoms with E-state index in [2.05, 4.69) is 11.1 Å². The molecule has 0 fully saturated rings. The summed E-state index contributed by atoms with van der Waals surface area (Å²) >= 11 is 0. The van der Waals surface area contributed by atoms with Gasteiger partial charge in [0.1, 0.15) is 0 Å². The predicted octanol–water partition coefficient (Wildman–Crippen LogP) is 2.71. The summed E-state index contributed by atoms with van der Waals surface area (Å²) in [5, 5.41) is 8.82. The summed E-state index contributed by atoms with van der Waals surface area (Å²) in [6.45, 7) is 0.427. The third-order valence-corrected chi connectivity index (χ3v) is 3.75. The molecule has 2 aliphatic heterocycles. The topological polar surface area (TPSA) is 62.5 Å². The van der Waals surface area contributed by atoms with Crippen molar-refractivity contribution >= 4 is 12.2 Å². The van der Waals surface area contributed by atoms with Gasteiger partial charge in [0.25, 0.3) is 0 Å². The highest BCUT2D eigenvalue weighted by Crippen LogP contribution is 2.30. The Morgan fingerprint density at radius 3 is 2.80 bits per heavy atom. The molecule has 0 aliphatic carbocycles. The fourth-order valence-electron chi connectivity index (χ4n) is 2.60. The van der Waals surface area contributed by atoms with Gasteiger partial charge in [-0.05, 0) is 30.5 Å². The number of nitrogens with zero attached hydrogens (tertiary/aromatic N) is 2. The number of rotatable bonds is 1. The van der Waals surface area contributed by atoms with E-state index in [0.717, 1.165) is 23.3 Å². The van der Waals surface area contributed by atoms with E-state index in [1.54, 1.807) is 0 Å². The lowest BCUT2D eigenvalue weighted by atomic mass is 9.93. The number of nitriles is 1. The number of cyclic esters (lactones) is 1. The standard InChI is InChI=1S/C16H14N2O2/c17-9-11-1-3-12(4-2-11)13-5-6-14-15(18-10-13)7-8-20-16(14)19/h1-4,10,13H,5-8H2. The molecule has 0 spiro atoms. The van der Waals surface area contributed by atoms with Crippen LogP contribution in [0.3, 0.4) is 0 Å². The third-order valence-electron chi connectivity index (χ3n) is 3.75. The van der Waals surface area contributed by atoms with Crippen molar-refractivity contribution in [2.45, 2.75) is 25.2 Å². The molecule has 0 aromatic heterocycles. The Morgan fingerprint density at radius 2 is 2.05 bits per heavy atom. The van der Waals surface area contributed by atoms with Gasteiger partial charge in [0, 0.05) is 18.6 Å². The van der Waals surface area contributed by atoms with Crippen molar-refractivity contribution in [3.63, 3.8) is 0 Å². The monoisotopic (exact) mass is 266 g/mol. The summed E-state index contributed by atoms with van der Waals surface area (Å²) in [4.78, 5) is 16.2.